The number of unbranched alkanes of at least 4 members (excludes halogenated alkanes) is 1. The van der Waals surface area contributed by atoms with Gasteiger partial charge in [0.05, 0.1) is 36.2 Å². The van der Waals surface area contributed by atoms with Crippen LogP contribution in [0.1, 0.15) is 100.0 Å². The predicted octanol–water partition coefficient (Wildman–Crippen LogP) is 5.18. The van der Waals surface area contributed by atoms with Crippen molar-refractivity contribution >= 4 is 35.0 Å². The van der Waals surface area contributed by atoms with Gasteiger partial charge in [-0.2, -0.15) is 0 Å². The lowest BCUT2D eigenvalue weighted by Gasteiger charge is -2.48. The van der Waals surface area contributed by atoms with Crippen LogP contribution in [0, 0.1) is 23.7 Å². The molecule has 0 aromatic carbocycles. The number of rotatable bonds is 14. The molecule has 0 bridgehead atoms. The van der Waals surface area contributed by atoms with E-state index >= 15 is 4.79 Å². The van der Waals surface area contributed by atoms with Crippen LogP contribution in [0.15, 0.2) is 42.9 Å². The number of carbonyl (C=O) groups excluding carboxylic acids is 4. The summed E-state index contributed by atoms with van der Waals surface area (Å²) >= 11 is 0. The number of methoxy groups -OCH3 is 1. The van der Waals surface area contributed by atoms with Crippen molar-refractivity contribution in [1.82, 2.24) is 34.8 Å². The van der Waals surface area contributed by atoms with Crippen LogP contribution in [0.2, 0.25) is 0 Å². The molecule has 18 nitrogen and oxygen atoms in total. The summed E-state index contributed by atoms with van der Waals surface area (Å²) in [5, 5.41) is 20.3. The number of carbonyl (C=O) groups is 4. The zero-order chi connectivity index (χ0) is 48.1. The Morgan fingerprint density at radius 2 is 1.71 bits per heavy atom. The molecule has 1 N–H and O–H groups in total. The fraction of sp³-hybridized carbons (Fsp3) is 0.708. The van der Waals surface area contributed by atoms with E-state index < -0.39 is 89.7 Å². The standard InChI is InChI=1S/C48H71N7O11/c1-12-36-48(9)41(54(46(60)66-48)23-14-15-24-55-34-17-16-20-50-43(34)51-52-55)30(5)38(57)28(3)27-47(8,61-11)42(65-45-39(58)35(53(10)13-2)25-29(4)62-45)31(6)40(32(7)44(59)63-36)64-37(56)26-33-18-21-49-22-19-33/h16-22,28-32,35-36,39-42,45,58H,12-15,23-27H2,1-11H3/t28-,29+,30+,31+,32-,35-,36-,39+,40+,41-,42-,45-,47-,48-/m1/s1. The first-order valence-electron chi connectivity index (χ1n) is 23.6. The SMILES string of the molecule is CC[C@H]1OC(=O)[C@H](C)[C@@H](OC(=O)Cc2ccncc2)[C@H](C)[C@@H](O[C@H]2O[C@@H](C)C[C@@H](N(C)CC)[C@@H]2O)[C@](C)(OC)C[C@@H](C)C(=O)[C@H](C)[C@H]2N(CCCCn3nnc4ncccc43)C(=O)O[C@]12C. The van der Waals surface area contributed by atoms with Gasteiger partial charge in [-0.05, 0) is 103 Å². The van der Waals surface area contributed by atoms with Crippen molar-refractivity contribution in [3.05, 3.63) is 48.4 Å². The number of aryl methyl sites for hydroxylation is 1. The molecule has 0 unspecified atom stereocenters. The molecule has 364 valence electrons. The highest BCUT2D eigenvalue weighted by Crippen LogP contribution is 2.44. The van der Waals surface area contributed by atoms with Gasteiger partial charge >= 0.3 is 18.0 Å². The van der Waals surface area contributed by atoms with E-state index in [-0.39, 0.29) is 43.7 Å². The smallest absolute Gasteiger partial charge is 0.410 e. The number of ketones is 1. The van der Waals surface area contributed by atoms with Crippen molar-refractivity contribution in [2.45, 2.75) is 167 Å². The molecule has 14 atom stereocenters. The van der Waals surface area contributed by atoms with E-state index in [1.807, 2.05) is 58.7 Å². The molecule has 3 saturated heterocycles. The number of pyridine rings is 2. The first-order chi connectivity index (χ1) is 31.4. The molecule has 6 rings (SSSR count). The lowest BCUT2D eigenvalue weighted by atomic mass is 9.73. The zero-order valence-electron chi connectivity index (χ0n) is 40.5. The highest BCUT2D eigenvalue weighted by molar-refractivity contribution is 5.85. The number of esters is 2. The predicted molar refractivity (Wildman–Crippen MR) is 242 cm³/mol. The van der Waals surface area contributed by atoms with Gasteiger partial charge in [0.1, 0.15) is 29.6 Å². The third-order valence-electron chi connectivity index (χ3n) is 14.4. The van der Waals surface area contributed by atoms with Gasteiger partial charge < -0.3 is 43.3 Å². The molecule has 3 aromatic heterocycles. The van der Waals surface area contributed by atoms with Crippen LogP contribution in [-0.4, -0.2) is 151 Å². The molecular weight excluding hydrogens is 851 g/mol. The summed E-state index contributed by atoms with van der Waals surface area (Å²) in [5.41, 5.74) is -0.744. The van der Waals surface area contributed by atoms with Gasteiger partial charge in [-0.15, -0.1) is 5.10 Å². The van der Waals surface area contributed by atoms with Crippen LogP contribution in [-0.2, 0) is 55.8 Å². The fourth-order valence-corrected chi connectivity index (χ4v) is 10.6. The lowest BCUT2D eigenvalue weighted by molar-refractivity contribution is -0.302. The van der Waals surface area contributed by atoms with Gasteiger partial charge in [0, 0.05) is 62.6 Å². The van der Waals surface area contributed by atoms with Gasteiger partial charge in [0.2, 0.25) is 5.65 Å². The molecule has 18 heteroatoms. The lowest BCUT2D eigenvalue weighted by Crippen LogP contribution is -2.61. The van der Waals surface area contributed by atoms with Crippen LogP contribution in [0.5, 0.6) is 0 Å². The monoisotopic (exact) mass is 922 g/mol. The average Bonchev–Trinajstić information content (AvgIpc) is 3.83. The molecule has 66 heavy (non-hydrogen) atoms. The van der Waals surface area contributed by atoms with E-state index in [9.17, 15) is 19.5 Å². The van der Waals surface area contributed by atoms with E-state index in [0.717, 1.165) is 5.52 Å². The number of hydrogen-bond acceptors (Lipinski definition) is 16. The van der Waals surface area contributed by atoms with Gasteiger partial charge in [-0.1, -0.05) is 39.8 Å². The van der Waals surface area contributed by atoms with Gasteiger partial charge in [-0.25, -0.2) is 14.5 Å². The third kappa shape index (κ3) is 10.7. The number of Topliss-reactive ketones (excluding diaryl/α,β-unsaturated/α-hetero) is 1. The molecule has 6 heterocycles. The van der Waals surface area contributed by atoms with E-state index in [2.05, 4.69) is 20.3 Å². The Morgan fingerprint density at radius 3 is 2.39 bits per heavy atom. The number of fused-ring (bicyclic) bond motifs is 2. The topological polar surface area (TPSA) is 207 Å². The number of nitrogens with zero attached hydrogens (tertiary/aromatic N) is 7. The highest BCUT2D eigenvalue weighted by Gasteiger charge is 2.60. The number of hydrogen-bond donors (Lipinski definition) is 1. The number of aromatic nitrogens is 5. The summed E-state index contributed by atoms with van der Waals surface area (Å²) in [5.74, 6) is -4.83. The largest absolute Gasteiger partial charge is 0.461 e. The van der Waals surface area contributed by atoms with E-state index in [1.165, 1.54) is 7.11 Å². The van der Waals surface area contributed by atoms with Gasteiger partial charge in [0.25, 0.3) is 0 Å². The minimum absolute atomic E-state index is 0.104. The Hall–Kier alpha value is -4.62. The number of cyclic esters (lactones) is 1. The van der Waals surface area contributed by atoms with Crippen LogP contribution in [0.25, 0.3) is 11.2 Å². The molecule has 1 amide bonds. The minimum atomic E-state index is -1.45. The number of ether oxygens (including phenoxy) is 6. The van der Waals surface area contributed by atoms with Crippen molar-refractivity contribution in [2.24, 2.45) is 23.7 Å². The van der Waals surface area contributed by atoms with Crippen LogP contribution < -0.4 is 0 Å². The second kappa shape index (κ2) is 21.6. The molecule has 0 radical (unpaired) electrons. The summed E-state index contributed by atoms with van der Waals surface area (Å²) in [4.78, 5) is 69.7. The number of likely N-dealkylation sites (N-methyl/N-ethyl adjacent to an activating group) is 1. The second-order valence-electron chi connectivity index (χ2n) is 19.1. The molecule has 3 fully saturated rings. The van der Waals surface area contributed by atoms with Crippen LogP contribution >= 0.6 is 0 Å². The quantitative estimate of drug-likeness (QED) is 0.126. The normalized spacial score (nSPS) is 34.7. The number of aliphatic hydroxyl groups excluding tert-OH is 1. The van der Waals surface area contributed by atoms with Crippen LogP contribution in [0.3, 0.4) is 0 Å². The zero-order valence-corrected chi connectivity index (χ0v) is 40.5. The van der Waals surface area contributed by atoms with E-state index in [0.29, 0.717) is 43.6 Å². The Labute approximate surface area is 388 Å². The van der Waals surface area contributed by atoms with Crippen molar-refractivity contribution in [3.8, 4) is 0 Å². The summed E-state index contributed by atoms with van der Waals surface area (Å²) in [7, 11) is 3.46. The molecule has 0 aliphatic carbocycles. The van der Waals surface area contributed by atoms with Crippen LogP contribution in [0.4, 0.5) is 4.79 Å². The summed E-state index contributed by atoms with van der Waals surface area (Å²) in [6.07, 6.45) is 0.494. The molecule has 3 aliphatic rings. The van der Waals surface area contributed by atoms with E-state index in [4.69, 9.17) is 28.4 Å². The maximum Gasteiger partial charge on any atom is 0.410 e. The first kappa shape index (κ1) is 50.8. The molecule has 3 aliphatic heterocycles. The van der Waals surface area contributed by atoms with Gasteiger partial charge in [-0.3, -0.25) is 19.4 Å². The average molecular weight is 922 g/mol. The number of amides is 1. The maximum absolute atomic E-state index is 15.0. The molecule has 0 spiro atoms. The van der Waals surface area contributed by atoms with Crippen molar-refractivity contribution < 1.29 is 52.7 Å². The van der Waals surface area contributed by atoms with Crippen molar-refractivity contribution in [3.63, 3.8) is 0 Å². The second-order valence-corrected chi connectivity index (χ2v) is 19.1. The third-order valence-corrected chi connectivity index (χ3v) is 14.4. The Morgan fingerprint density at radius 1 is 1.00 bits per heavy atom. The molecule has 0 saturated carbocycles. The maximum atomic E-state index is 15.0. The van der Waals surface area contributed by atoms with Crippen molar-refractivity contribution in [2.75, 3.05) is 27.2 Å². The Kier molecular flexibility index (Phi) is 16.6. The number of aliphatic hydroxyl groups is 1. The van der Waals surface area contributed by atoms with E-state index in [1.54, 1.807) is 68.0 Å². The molecule has 3 aromatic rings. The first-order valence-corrected chi connectivity index (χ1v) is 23.6. The summed E-state index contributed by atoms with van der Waals surface area (Å²) < 4.78 is 40.4. The fourth-order valence-electron chi connectivity index (χ4n) is 10.6. The summed E-state index contributed by atoms with van der Waals surface area (Å²) in [6, 6.07) is 6.01. The Balaban J connectivity index is 1.37. The highest BCUT2D eigenvalue weighted by atomic mass is 16.7. The van der Waals surface area contributed by atoms with Gasteiger partial charge in [0.15, 0.2) is 11.9 Å². The minimum Gasteiger partial charge on any atom is -0.461 e. The molecular formula is C48H71N7O11. The Bertz CT molecular complexity index is 2130. The van der Waals surface area contributed by atoms with Crippen molar-refractivity contribution in [1.29, 1.82) is 0 Å². The summed E-state index contributed by atoms with van der Waals surface area (Å²) in [6.45, 7) is 17.8.